The molecule has 166 valence electrons. The number of likely N-dealkylation sites (tertiary alicyclic amines) is 1. The van der Waals surface area contributed by atoms with Crippen molar-refractivity contribution in [1.82, 2.24) is 20.4 Å². The second-order valence-corrected chi connectivity index (χ2v) is 8.74. The molecule has 1 N–H and O–H groups in total. The average molecular weight is 426 g/mol. The molecule has 2 fully saturated rings. The summed E-state index contributed by atoms with van der Waals surface area (Å²) in [7, 11) is 0. The second-order valence-electron chi connectivity index (χ2n) is 8.74. The summed E-state index contributed by atoms with van der Waals surface area (Å²) in [6.07, 6.45) is 5.70. The van der Waals surface area contributed by atoms with Gasteiger partial charge in [0.1, 0.15) is 5.82 Å². The first kappa shape index (κ1) is 21.7. The molecule has 1 aromatic heterocycles. The van der Waals surface area contributed by atoms with Crippen molar-refractivity contribution in [2.75, 3.05) is 37.6 Å². The van der Waals surface area contributed by atoms with Crippen LogP contribution in [0.2, 0.25) is 0 Å². The average Bonchev–Trinajstić information content (AvgIpc) is 2.81. The van der Waals surface area contributed by atoms with Crippen LogP contribution in [0.15, 0.2) is 36.4 Å². The number of nitrogens with zero attached hydrogens (tertiary/aromatic N) is 4. The summed E-state index contributed by atoms with van der Waals surface area (Å²) in [5, 5.41) is 11.8. The maximum atomic E-state index is 13.1. The van der Waals surface area contributed by atoms with E-state index in [1.807, 2.05) is 12.1 Å². The summed E-state index contributed by atoms with van der Waals surface area (Å²) in [6, 6.07) is 10.7. The Kier molecular flexibility index (Phi) is 7.12. The molecule has 4 rings (SSSR count). The minimum atomic E-state index is -0.267. The third kappa shape index (κ3) is 5.58. The van der Waals surface area contributed by atoms with Crippen molar-refractivity contribution >= 4 is 11.7 Å². The number of amides is 1. The molecule has 2 atom stereocenters. The predicted octanol–water partition coefficient (Wildman–Crippen LogP) is 3.49. The van der Waals surface area contributed by atoms with Crippen molar-refractivity contribution in [3.05, 3.63) is 42.2 Å². The number of hydrogen-bond acceptors (Lipinski definition) is 5. The first-order valence-electron chi connectivity index (χ1n) is 11.5. The molecule has 2 saturated heterocycles. The van der Waals surface area contributed by atoms with Crippen molar-refractivity contribution in [1.29, 1.82) is 0 Å². The van der Waals surface area contributed by atoms with E-state index >= 15 is 0 Å². The van der Waals surface area contributed by atoms with Gasteiger partial charge in [0.15, 0.2) is 5.82 Å². The Morgan fingerprint density at radius 3 is 2.65 bits per heavy atom. The maximum Gasteiger partial charge on any atom is 0.224 e. The van der Waals surface area contributed by atoms with Gasteiger partial charge in [0.05, 0.1) is 11.6 Å². The Balaban J connectivity index is 1.29. The highest BCUT2D eigenvalue weighted by Crippen LogP contribution is 2.24. The van der Waals surface area contributed by atoms with E-state index in [1.54, 1.807) is 12.1 Å². The first-order valence-corrected chi connectivity index (χ1v) is 11.5. The molecular weight excluding hydrogens is 393 g/mol. The van der Waals surface area contributed by atoms with Crippen LogP contribution in [0.5, 0.6) is 0 Å². The fourth-order valence-electron chi connectivity index (χ4n) is 4.62. The zero-order chi connectivity index (χ0) is 21.6. The van der Waals surface area contributed by atoms with Gasteiger partial charge in [-0.15, -0.1) is 10.2 Å². The molecule has 1 amide bonds. The van der Waals surface area contributed by atoms with Crippen LogP contribution in [0.4, 0.5) is 10.2 Å². The van der Waals surface area contributed by atoms with Crippen LogP contribution < -0.4 is 10.2 Å². The van der Waals surface area contributed by atoms with Crippen molar-refractivity contribution in [2.45, 2.75) is 45.1 Å². The van der Waals surface area contributed by atoms with E-state index in [0.717, 1.165) is 43.9 Å². The van der Waals surface area contributed by atoms with Gasteiger partial charge in [0.25, 0.3) is 0 Å². The lowest BCUT2D eigenvalue weighted by Crippen LogP contribution is -2.46. The van der Waals surface area contributed by atoms with Gasteiger partial charge in [-0.05, 0) is 75.5 Å². The van der Waals surface area contributed by atoms with Gasteiger partial charge < -0.3 is 10.2 Å². The summed E-state index contributed by atoms with van der Waals surface area (Å²) in [5.74, 6) is 0.637. The van der Waals surface area contributed by atoms with E-state index in [4.69, 9.17) is 0 Å². The molecule has 0 bridgehead atoms. The van der Waals surface area contributed by atoms with Crippen LogP contribution in [0.3, 0.4) is 0 Å². The number of rotatable bonds is 6. The second kappa shape index (κ2) is 10.2. The van der Waals surface area contributed by atoms with Gasteiger partial charge in [0, 0.05) is 37.8 Å². The van der Waals surface area contributed by atoms with Crippen molar-refractivity contribution < 1.29 is 9.18 Å². The number of carbonyl (C=O) groups is 1. The van der Waals surface area contributed by atoms with E-state index in [2.05, 4.69) is 32.2 Å². The summed E-state index contributed by atoms with van der Waals surface area (Å²) in [6.45, 7) is 6.60. The number of carbonyl (C=O) groups excluding carboxylic acids is 1. The normalized spacial score (nSPS) is 22.3. The summed E-state index contributed by atoms with van der Waals surface area (Å²) in [4.78, 5) is 17.4. The Morgan fingerprint density at radius 1 is 1.06 bits per heavy atom. The number of halogens is 1. The molecule has 31 heavy (non-hydrogen) atoms. The van der Waals surface area contributed by atoms with E-state index in [1.165, 1.54) is 31.4 Å². The van der Waals surface area contributed by atoms with Crippen molar-refractivity contribution in [2.24, 2.45) is 5.92 Å². The third-order valence-corrected chi connectivity index (χ3v) is 6.55. The molecule has 2 aliphatic rings. The molecule has 7 heteroatoms. The lowest BCUT2D eigenvalue weighted by atomic mass is 9.97. The van der Waals surface area contributed by atoms with E-state index < -0.39 is 0 Å². The maximum absolute atomic E-state index is 13.1. The molecule has 6 nitrogen and oxygen atoms in total. The predicted molar refractivity (Wildman–Crippen MR) is 120 cm³/mol. The van der Waals surface area contributed by atoms with Gasteiger partial charge in [-0.3, -0.25) is 9.69 Å². The fraction of sp³-hybridized carbons (Fsp3) is 0.542. The highest BCUT2D eigenvalue weighted by molar-refractivity contribution is 5.79. The van der Waals surface area contributed by atoms with E-state index in [-0.39, 0.29) is 17.6 Å². The Morgan fingerprint density at radius 2 is 1.90 bits per heavy atom. The van der Waals surface area contributed by atoms with Crippen LogP contribution in [-0.4, -0.2) is 59.8 Å². The number of hydrogen-bond donors (Lipinski definition) is 1. The molecule has 0 radical (unpaired) electrons. The minimum absolute atomic E-state index is 0.0221. The largest absolute Gasteiger partial charge is 0.355 e. The van der Waals surface area contributed by atoms with E-state index in [9.17, 15) is 9.18 Å². The quantitative estimate of drug-likeness (QED) is 0.768. The summed E-state index contributed by atoms with van der Waals surface area (Å²) < 4.78 is 13.1. The smallest absolute Gasteiger partial charge is 0.224 e. The van der Waals surface area contributed by atoms with Crippen molar-refractivity contribution in [3.8, 4) is 11.3 Å². The monoisotopic (exact) mass is 425 g/mol. The van der Waals surface area contributed by atoms with Gasteiger partial charge in [-0.25, -0.2) is 4.39 Å². The van der Waals surface area contributed by atoms with Crippen LogP contribution in [0.25, 0.3) is 11.3 Å². The zero-order valence-electron chi connectivity index (χ0n) is 18.3. The third-order valence-electron chi connectivity index (χ3n) is 6.55. The Bertz CT molecular complexity index is 857. The number of nitrogens with one attached hydrogen (secondary N) is 1. The molecule has 2 aromatic rings. The van der Waals surface area contributed by atoms with Crippen LogP contribution >= 0.6 is 0 Å². The van der Waals surface area contributed by atoms with Crippen LogP contribution in [-0.2, 0) is 4.79 Å². The number of aromatic nitrogens is 2. The topological polar surface area (TPSA) is 61.4 Å². The fourth-order valence-corrected chi connectivity index (χ4v) is 4.62. The lowest BCUT2D eigenvalue weighted by molar-refractivity contribution is -0.125. The number of piperidine rings is 2. The molecule has 0 spiro atoms. The van der Waals surface area contributed by atoms with Gasteiger partial charge in [-0.2, -0.15) is 0 Å². The number of anilines is 1. The molecule has 0 aliphatic carbocycles. The summed E-state index contributed by atoms with van der Waals surface area (Å²) in [5.41, 5.74) is 1.54. The highest BCUT2D eigenvalue weighted by Gasteiger charge is 2.27. The Labute approximate surface area is 183 Å². The SMILES string of the molecule is C[C@@H]1CCCCN1CCNC(=O)[C@@H]1CCCN(c2ccc(-c3ccc(F)cc3)nn2)C1. The van der Waals surface area contributed by atoms with Gasteiger partial charge >= 0.3 is 0 Å². The molecule has 3 heterocycles. The molecular formula is C24H32FN5O. The number of benzene rings is 1. The van der Waals surface area contributed by atoms with Gasteiger partial charge in [0.2, 0.25) is 5.91 Å². The zero-order valence-corrected chi connectivity index (χ0v) is 18.3. The molecule has 0 saturated carbocycles. The van der Waals surface area contributed by atoms with Crippen molar-refractivity contribution in [3.63, 3.8) is 0 Å². The lowest BCUT2D eigenvalue weighted by Gasteiger charge is -2.34. The molecule has 0 unspecified atom stereocenters. The van der Waals surface area contributed by atoms with Crippen LogP contribution in [0.1, 0.15) is 39.0 Å². The first-order chi connectivity index (χ1) is 15.1. The minimum Gasteiger partial charge on any atom is -0.355 e. The Hall–Kier alpha value is -2.54. The summed E-state index contributed by atoms with van der Waals surface area (Å²) >= 11 is 0. The van der Waals surface area contributed by atoms with Crippen LogP contribution in [0, 0.1) is 11.7 Å². The van der Waals surface area contributed by atoms with E-state index in [0.29, 0.717) is 24.8 Å². The standard InChI is InChI=1S/C24H32FN5O/c1-18-5-2-3-14-29(18)16-13-26-24(31)20-6-4-15-30(17-20)23-12-11-22(27-28-23)19-7-9-21(25)10-8-19/h7-12,18,20H,2-6,13-17H2,1H3,(H,26,31)/t18-,20-/m1/s1. The molecule has 1 aromatic carbocycles. The highest BCUT2D eigenvalue weighted by atomic mass is 19.1. The van der Waals surface area contributed by atoms with Gasteiger partial charge in [-0.1, -0.05) is 6.42 Å². The molecule has 2 aliphatic heterocycles.